The van der Waals surface area contributed by atoms with Crippen molar-refractivity contribution >= 4 is 42.5 Å². The molecule has 122 valence electrons. The topological polar surface area (TPSA) is 49.6 Å². The summed E-state index contributed by atoms with van der Waals surface area (Å²) >= 11 is 1.74. The molecule has 0 radical (unpaired) electrons. The summed E-state index contributed by atoms with van der Waals surface area (Å²) in [5.74, 6) is 1.90. The maximum Gasteiger partial charge on any atom is 0.232 e. The fourth-order valence-corrected chi connectivity index (χ4v) is 3.11. The lowest BCUT2D eigenvalue weighted by Crippen LogP contribution is -2.46. The summed E-state index contributed by atoms with van der Waals surface area (Å²) in [6, 6.07) is 0.184. The molecular formula is C13H29Cl2N3OS. The number of carbonyl (C=O) groups excluding carboxylic acids is 1. The van der Waals surface area contributed by atoms with E-state index < -0.39 is 0 Å². The molecule has 1 unspecified atom stereocenters. The van der Waals surface area contributed by atoms with E-state index in [4.69, 9.17) is 5.73 Å². The molecule has 0 bridgehead atoms. The smallest absolute Gasteiger partial charge is 0.232 e. The lowest BCUT2D eigenvalue weighted by atomic mass is 10.1. The number of rotatable bonds is 7. The van der Waals surface area contributed by atoms with Gasteiger partial charge in [0.15, 0.2) is 0 Å². The van der Waals surface area contributed by atoms with Crippen LogP contribution in [0.25, 0.3) is 0 Å². The highest BCUT2D eigenvalue weighted by Gasteiger charge is 2.20. The van der Waals surface area contributed by atoms with Crippen molar-refractivity contribution in [3.63, 3.8) is 0 Å². The van der Waals surface area contributed by atoms with Gasteiger partial charge in [-0.15, -0.1) is 24.8 Å². The Morgan fingerprint density at radius 3 is 2.55 bits per heavy atom. The highest BCUT2D eigenvalue weighted by atomic mass is 35.5. The molecular weight excluding hydrogens is 317 g/mol. The number of halogens is 2. The molecule has 4 nitrogen and oxygen atoms in total. The average molecular weight is 346 g/mol. The van der Waals surface area contributed by atoms with E-state index in [2.05, 4.69) is 18.7 Å². The summed E-state index contributed by atoms with van der Waals surface area (Å²) < 4.78 is 0. The van der Waals surface area contributed by atoms with Gasteiger partial charge in [0.2, 0.25) is 5.91 Å². The molecule has 1 amide bonds. The standard InChI is InChI=1S/C13H27N3OS.2ClH/c1-3-15(4-2)8-9-18-11-13(17)16-7-5-6-12(14)10-16;;/h12H,3-11,14H2,1-2H3;2*1H. The molecule has 7 heteroatoms. The van der Waals surface area contributed by atoms with Crippen molar-refractivity contribution in [2.45, 2.75) is 32.7 Å². The van der Waals surface area contributed by atoms with Crippen LogP contribution in [0.5, 0.6) is 0 Å². The second kappa shape index (κ2) is 13.0. The van der Waals surface area contributed by atoms with Gasteiger partial charge in [-0.2, -0.15) is 11.8 Å². The van der Waals surface area contributed by atoms with E-state index in [-0.39, 0.29) is 36.8 Å². The van der Waals surface area contributed by atoms with Gasteiger partial charge >= 0.3 is 0 Å². The molecule has 20 heavy (non-hydrogen) atoms. The molecule has 1 atom stereocenters. The van der Waals surface area contributed by atoms with Gasteiger partial charge in [-0.1, -0.05) is 13.8 Å². The van der Waals surface area contributed by atoms with Crippen LogP contribution in [-0.4, -0.2) is 66.0 Å². The number of amides is 1. The molecule has 0 saturated carbocycles. The van der Waals surface area contributed by atoms with Crippen molar-refractivity contribution < 1.29 is 4.79 Å². The lowest BCUT2D eigenvalue weighted by molar-refractivity contribution is -0.129. The van der Waals surface area contributed by atoms with E-state index in [1.54, 1.807) is 11.8 Å². The first-order valence-electron chi connectivity index (χ1n) is 7.00. The second-order valence-electron chi connectivity index (χ2n) is 4.82. The van der Waals surface area contributed by atoms with Crippen LogP contribution in [0.2, 0.25) is 0 Å². The van der Waals surface area contributed by atoms with E-state index in [1.807, 2.05) is 4.90 Å². The van der Waals surface area contributed by atoms with E-state index >= 15 is 0 Å². The largest absolute Gasteiger partial charge is 0.340 e. The first-order chi connectivity index (χ1) is 8.67. The summed E-state index contributed by atoms with van der Waals surface area (Å²) in [6.07, 6.45) is 2.11. The van der Waals surface area contributed by atoms with Crippen molar-refractivity contribution in [2.24, 2.45) is 5.73 Å². The predicted octanol–water partition coefficient (Wildman–Crippen LogP) is 1.85. The van der Waals surface area contributed by atoms with Crippen LogP contribution in [0.3, 0.4) is 0 Å². The Labute approximate surface area is 140 Å². The zero-order chi connectivity index (χ0) is 13.4. The quantitative estimate of drug-likeness (QED) is 0.715. The summed E-state index contributed by atoms with van der Waals surface area (Å²) in [4.78, 5) is 16.3. The van der Waals surface area contributed by atoms with Crippen molar-refractivity contribution in [1.82, 2.24) is 9.80 Å². The second-order valence-corrected chi connectivity index (χ2v) is 5.93. The van der Waals surface area contributed by atoms with Crippen LogP contribution in [0.4, 0.5) is 0 Å². The minimum absolute atomic E-state index is 0. The number of nitrogens with two attached hydrogens (primary N) is 1. The molecule has 0 aromatic carbocycles. The van der Waals surface area contributed by atoms with Gasteiger partial charge in [0.05, 0.1) is 5.75 Å². The Bertz CT molecular complexity index is 256. The van der Waals surface area contributed by atoms with Gasteiger partial charge in [-0.25, -0.2) is 0 Å². The molecule has 1 heterocycles. The van der Waals surface area contributed by atoms with Crippen LogP contribution in [0.1, 0.15) is 26.7 Å². The third kappa shape index (κ3) is 8.57. The molecule has 0 aromatic heterocycles. The summed E-state index contributed by atoms with van der Waals surface area (Å²) in [5, 5.41) is 0. The first-order valence-corrected chi connectivity index (χ1v) is 8.16. The number of likely N-dealkylation sites (tertiary alicyclic amines) is 1. The minimum Gasteiger partial charge on any atom is -0.340 e. The van der Waals surface area contributed by atoms with Crippen molar-refractivity contribution in [2.75, 3.05) is 44.2 Å². The fraction of sp³-hybridized carbons (Fsp3) is 0.923. The van der Waals surface area contributed by atoms with Crippen molar-refractivity contribution in [1.29, 1.82) is 0 Å². The van der Waals surface area contributed by atoms with E-state index in [0.717, 1.165) is 51.3 Å². The molecule has 1 saturated heterocycles. The number of thioether (sulfide) groups is 1. The fourth-order valence-electron chi connectivity index (χ4n) is 2.22. The third-order valence-electron chi connectivity index (χ3n) is 3.48. The van der Waals surface area contributed by atoms with Crippen LogP contribution in [-0.2, 0) is 4.79 Å². The van der Waals surface area contributed by atoms with Crippen LogP contribution in [0, 0.1) is 0 Å². The number of nitrogens with zero attached hydrogens (tertiary/aromatic N) is 2. The highest BCUT2D eigenvalue weighted by Crippen LogP contribution is 2.11. The summed E-state index contributed by atoms with van der Waals surface area (Å²) in [7, 11) is 0. The van der Waals surface area contributed by atoms with Gasteiger partial charge < -0.3 is 15.5 Å². The Kier molecular flexibility index (Phi) is 14.7. The van der Waals surface area contributed by atoms with E-state index in [1.165, 1.54) is 0 Å². The normalized spacial score (nSPS) is 18.4. The molecule has 0 spiro atoms. The SMILES string of the molecule is CCN(CC)CCSCC(=O)N1CCCC(N)C1.Cl.Cl. The van der Waals surface area contributed by atoms with Crippen LogP contribution < -0.4 is 5.73 Å². The molecule has 0 aromatic rings. The molecule has 1 fully saturated rings. The summed E-state index contributed by atoms with van der Waals surface area (Å²) in [6.45, 7) is 9.24. The van der Waals surface area contributed by atoms with E-state index in [0.29, 0.717) is 5.75 Å². The maximum absolute atomic E-state index is 12.0. The highest BCUT2D eigenvalue weighted by molar-refractivity contribution is 7.99. The van der Waals surface area contributed by atoms with E-state index in [9.17, 15) is 4.79 Å². The molecule has 1 aliphatic rings. The zero-order valence-corrected chi connectivity index (χ0v) is 15.0. The monoisotopic (exact) mass is 345 g/mol. The minimum atomic E-state index is 0. The van der Waals surface area contributed by atoms with Gasteiger partial charge in [-0.3, -0.25) is 4.79 Å². The zero-order valence-electron chi connectivity index (χ0n) is 12.5. The number of hydrogen-bond donors (Lipinski definition) is 1. The Hall–Kier alpha value is 0.320. The van der Waals surface area contributed by atoms with Gasteiger partial charge in [0, 0.05) is 31.4 Å². The average Bonchev–Trinajstić information content (AvgIpc) is 2.38. The Balaban J connectivity index is 0. The molecule has 0 aliphatic carbocycles. The predicted molar refractivity (Wildman–Crippen MR) is 93.4 cm³/mol. The summed E-state index contributed by atoms with van der Waals surface area (Å²) in [5.41, 5.74) is 5.89. The van der Waals surface area contributed by atoms with Gasteiger partial charge in [0.1, 0.15) is 0 Å². The van der Waals surface area contributed by atoms with Gasteiger partial charge in [0.25, 0.3) is 0 Å². The van der Waals surface area contributed by atoms with Crippen LogP contribution in [0.15, 0.2) is 0 Å². The lowest BCUT2D eigenvalue weighted by Gasteiger charge is -2.30. The van der Waals surface area contributed by atoms with Crippen molar-refractivity contribution in [3.8, 4) is 0 Å². The maximum atomic E-state index is 12.0. The number of carbonyl (C=O) groups is 1. The first kappa shape index (κ1) is 22.6. The Morgan fingerprint density at radius 2 is 2.00 bits per heavy atom. The Morgan fingerprint density at radius 1 is 1.35 bits per heavy atom. The molecule has 1 aliphatic heterocycles. The molecule has 1 rings (SSSR count). The molecule has 2 N–H and O–H groups in total. The van der Waals surface area contributed by atoms with Crippen molar-refractivity contribution in [3.05, 3.63) is 0 Å². The van der Waals surface area contributed by atoms with Crippen LogP contribution >= 0.6 is 36.6 Å². The number of piperidine rings is 1. The third-order valence-corrected chi connectivity index (χ3v) is 4.40. The number of hydrogen-bond acceptors (Lipinski definition) is 4. The van der Waals surface area contributed by atoms with Gasteiger partial charge in [-0.05, 0) is 25.9 Å².